The lowest BCUT2D eigenvalue weighted by atomic mass is 10.0. The predicted octanol–water partition coefficient (Wildman–Crippen LogP) is 4.31. The van der Waals surface area contributed by atoms with Crippen LogP contribution in [0.1, 0.15) is 40.4 Å². The quantitative estimate of drug-likeness (QED) is 0.724. The predicted molar refractivity (Wildman–Crippen MR) is 97.0 cm³/mol. The average Bonchev–Trinajstić information content (AvgIpc) is 3.20. The van der Waals surface area contributed by atoms with Crippen LogP contribution in [0, 0.1) is 0 Å². The van der Waals surface area contributed by atoms with Crippen molar-refractivity contribution in [2.75, 3.05) is 5.32 Å². The maximum Gasteiger partial charge on any atom is 0.228 e. The minimum atomic E-state index is -0.0984. The molecule has 4 nitrogen and oxygen atoms in total. The Kier molecular flexibility index (Phi) is 3.88. The summed E-state index contributed by atoms with van der Waals surface area (Å²) in [5.74, 6) is -0.0888. The molecule has 0 saturated carbocycles. The minimum Gasteiger partial charge on any atom is -0.464 e. The molecule has 4 rings (SSSR count). The molecular weight excluding hydrogens is 314 g/mol. The number of anilines is 1. The van der Waals surface area contributed by atoms with E-state index in [0.29, 0.717) is 11.3 Å². The third kappa shape index (κ3) is 3.07. The van der Waals surface area contributed by atoms with Crippen molar-refractivity contribution in [1.29, 1.82) is 0 Å². The van der Waals surface area contributed by atoms with Gasteiger partial charge in [0.2, 0.25) is 5.91 Å². The van der Waals surface area contributed by atoms with Gasteiger partial charge in [-0.3, -0.25) is 9.59 Å². The van der Waals surface area contributed by atoms with E-state index >= 15 is 0 Å². The minimum absolute atomic E-state index is 0.00951. The molecule has 0 spiro atoms. The van der Waals surface area contributed by atoms with Gasteiger partial charge in [0.1, 0.15) is 5.58 Å². The zero-order valence-corrected chi connectivity index (χ0v) is 14.1. The topological polar surface area (TPSA) is 59.3 Å². The van der Waals surface area contributed by atoms with E-state index in [-0.39, 0.29) is 18.1 Å². The van der Waals surface area contributed by atoms with Crippen molar-refractivity contribution >= 4 is 28.3 Å². The second kappa shape index (κ2) is 6.20. The van der Waals surface area contributed by atoms with E-state index in [9.17, 15) is 9.59 Å². The van der Waals surface area contributed by atoms with Crippen molar-refractivity contribution in [1.82, 2.24) is 0 Å². The molecule has 0 unspecified atom stereocenters. The maximum atomic E-state index is 12.4. The molecule has 1 heterocycles. The highest BCUT2D eigenvalue weighted by molar-refractivity contribution is 5.97. The second-order valence-corrected chi connectivity index (χ2v) is 6.59. The van der Waals surface area contributed by atoms with Crippen molar-refractivity contribution in [2.45, 2.75) is 32.6 Å². The van der Waals surface area contributed by atoms with E-state index in [1.165, 1.54) is 24.5 Å². The first-order chi connectivity index (χ1) is 12.1. The molecule has 0 saturated heterocycles. The molecule has 0 aliphatic heterocycles. The first-order valence-electron chi connectivity index (χ1n) is 8.53. The van der Waals surface area contributed by atoms with Gasteiger partial charge >= 0.3 is 0 Å². The van der Waals surface area contributed by atoms with Crippen LogP contribution in [0.5, 0.6) is 0 Å². The lowest BCUT2D eigenvalue weighted by molar-refractivity contribution is -0.115. The van der Waals surface area contributed by atoms with E-state index in [1.807, 2.05) is 0 Å². The Hall–Kier alpha value is -2.88. The molecule has 1 N–H and O–H groups in total. The van der Waals surface area contributed by atoms with Crippen LogP contribution in [0.2, 0.25) is 0 Å². The van der Waals surface area contributed by atoms with Crippen molar-refractivity contribution < 1.29 is 14.0 Å². The fourth-order valence-corrected chi connectivity index (χ4v) is 3.45. The number of fused-ring (bicyclic) bond motifs is 2. The van der Waals surface area contributed by atoms with Gasteiger partial charge in [0.05, 0.1) is 12.7 Å². The van der Waals surface area contributed by atoms with E-state index in [0.717, 1.165) is 29.4 Å². The Bertz CT molecular complexity index is 967. The molecule has 1 aliphatic rings. The zero-order valence-electron chi connectivity index (χ0n) is 14.1. The van der Waals surface area contributed by atoms with Crippen LogP contribution in [0.15, 0.2) is 47.1 Å². The number of Topliss-reactive ketones (excluding diaryl/α,β-unsaturated/α-hetero) is 1. The van der Waals surface area contributed by atoms with Crippen LogP contribution < -0.4 is 5.32 Å². The van der Waals surface area contributed by atoms with Crippen molar-refractivity contribution in [3.05, 3.63) is 64.9 Å². The zero-order chi connectivity index (χ0) is 17.4. The molecule has 126 valence electrons. The molecule has 0 bridgehead atoms. The van der Waals surface area contributed by atoms with Crippen molar-refractivity contribution in [2.24, 2.45) is 0 Å². The molecule has 25 heavy (non-hydrogen) atoms. The Morgan fingerprint density at radius 1 is 1.08 bits per heavy atom. The lowest BCUT2D eigenvalue weighted by Crippen LogP contribution is -2.14. The molecule has 3 aromatic rings. The smallest absolute Gasteiger partial charge is 0.228 e. The Balaban J connectivity index is 1.51. The van der Waals surface area contributed by atoms with Crippen LogP contribution >= 0.6 is 0 Å². The number of benzene rings is 2. The Morgan fingerprint density at radius 3 is 2.52 bits per heavy atom. The Labute approximate surface area is 145 Å². The van der Waals surface area contributed by atoms with Gasteiger partial charge in [-0.1, -0.05) is 0 Å². The largest absolute Gasteiger partial charge is 0.464 e. The van der Waals surface area contributed by atoms with E-state index in [2.05, 4.69) is 17.4 Å². The molecule has 2 aromatic carbocycles. The van der Waals surface area contributed by atoms with Gasteiger partial charge in [0.15, 0.2) is 5.78 Å². The molecule has 1 amide bonds. The molecule has 0 radical (unpaired) electrons. The summed E-state index contributed by atoms with van der Waals surface area (Å²) in [6, 6.07) is 11.2. The van der Waals surface area contributed by atoms with Gasteiger partial charge in [0.25, 0.3) is 0 Å². The molecule has 1 aromatic heterocycles. The van der Waals surface area contributed by atoms with Gasteiger partial charge in [0, 0.05) is 22.2 Å². The van der Waals surface area contributed by atoms with Crippen molar-refractivity contribution in [3.63, 3.8) is 0 Å². The summed E-state index contributed by atoms with van der Waals surface area (Å²) in [4.78, 5) is 23.7. The number of amides is 1. The summed E-state index contributed by atoms with van der Waals surface area (Å²) in [5.41, 5.74) is 5.81. The van der Waals surface area contributed by atoms with E-state index in [1.54, 1.807) is 30.5 Å². The van der Waals surface area contributed by atoms with E-state index in [4.69, 9.17) is 4.42 Å². The number of rotatable bonds is 4. The summed E-state index contributed by atoms with van der Waals surface area (Å²) >= 11 is 0. The van der Waals surface area contributed by atoms with Crippen molar-refractivity contribution in [3.8, 4) is 0 Å². The van der Waals surface area contributed by atoms with Crippen LogP contribution in [0.25, 0.3) is 11.0 Å². The standard InChI is InChI=1S/C21H19NO3/c1-13(23)14-5-7-18(8-6-14)22-21(24)11-17-12-25-20-10-16-4-2-3-15(16)9-19(17)20/h5-10,12H,2-4,11H2,1H3,(H,22,24). The van der Waals surface area contributed by atoms with Gasteiger partial charge in [-0.2, -0.15) is 0 Å². The molecular formula is C21H19NO3. The first-order valence-corrected chi connectivity index (χ1v) is 8.53. The van der Waals surface area contributed by atoms with Gasteiger partial charge in [-0.15, -0.1) is 0 Å². The molecule has 0 atom stereocenters. The van der Waals surface area contributed by atoms with Crippen LogP contribution in [-0.2, 0) is 24.1 Å². The van der Waals surface area contributed by atoms with Gasteiger partial charge < -0.3 is 9.73 Å². The lowest BCUT2D eigenvalue weighted by Gasteiger charge is -2.05. The van der Waals surface area contributed by atoms with Crippen LogP contribution in [0.4, 0.5) is 5.69 Å². The highest BCUT2D eigenvalue weighted by Gasteiger charge is 2.16. The molecule has 1 aliphatic carbocycles. The fraction of sp³-hybridized carbons (Fsp3) is 0.238. The monoisotopic (exact) mass is 333 g/mol. The summed E-state index contributed by atoms with van der Waals surface area (Å²) < 4.78 is 5.65. The highest BCUT2D eigenvalue weighted by atomic mass is 16.3. The number of aryl methyl sites for hydroxylation is 2. The fourth-order valence-electron chi connectivity index (χ4n) is 3.45. The number of hydrogen-bond donors (Lipinski definition) is 1. The number of hydrogen-bond acceptors (Lipinski definition) is 3. The number of carbonyl (C=O) groups is 2. The number of nitrogens with one attached hydrogen (secondary N) is 1. The number of carbonyl (C=O) groups excluding carboxylic acids is 2. The van der Waals surface area contributed by atoms with Crippen LogP contribution in [0.3, 0.4) is 0 Å². The first kappa shape index (κ1) is 15.6. The maximum absolute atomic E-state index is 12.4. The van der Waals surface area contributed by atoms with Gasteiger partial charge in [-0.05, 0) is 73.7 Å². The number of furan rings is 1. The molecule has 4 heteroatoms. The average molecular weight is 333 g/mol. The summed E-state index contributed by atoms with van der Waals surface area (Å²) in [6.45, 7) is 1.52. The van der Waals surface area contributed by atoms with E-state index < -0.39 is 0 Å². The summed E-state index contributed by atoms with van der Waals surface area (Å²) in [5, 5.41) is 3.90. The number of ketones is 1. The van der Waals surface area contributed by atoms with Crippen LogP contribution in [-0.4, -0.2) is 11.7 Å². The third-order valence-corrected chi connectivity index (χ3v) is 4.79. The third-order valence-electron chi connectivity index (χ3n) is 4.79. The summed E-state index contributed by atoms with van der Waals surface area (Å²) in [6.07, 6.45) is 5.34. The second-order valence-electron chi connectivity index (χ2n) is 6.59. The normalized spacial score (nSPS) is 13.0. The highest BCUT2D eigenvalue weighted by Crippen LogP contribution is 2.30. The SMILES string of the molecule is CC(=O)c1ccc(NC(=O)Cc2coc3cc4c(cc23)CCC4)cc1. The Morgan fingerprint density at radius 2 is 1.80 bits per heavy atom. The molecule has 0 fully saturated rings. The summed E-state index contributed by atoms with van der Waals surface area (Å²) in [7, 11) is 0. The van der Waals surface area contributed by atoms with Gasteiger partial charge in [-0.25, -0.2) is 0 Å².